The second-order valence-electron chi connectivity index (χ2n) is 2.90. The molecule has 1 amide bonds. The van der Waals surface area contributed by atoms with Gasteiger partial charge in [-0.05, 0) is 6.26 Å². The van der Waals surface area contributed by atoms with E-state index in [1.165, 1.54) is 12.3 Å². The van der Waals surface area contributed by atoms with Crippen LogP contribution in [0.15, 0.2) is 17.3 Å². The van der Waals surface area contributed by atoms with E-state index in [2.05, 4.69) is 16.2 Å². The van der Waals surface area contributed by atoms with Gasteiger partial charge in [0.05, 0.1) is 17.0 Å². The fourth-order valence-corrected chi connectivity index (χ4v) is 1.59. The van der Waals surface area contributed by atoms with Gasteiger partial charge in [-0.3, -0.25) is 14.9 Å². The van der Waals surface area contributed by atoms with Crippen molar-refractivity contribution in [1.29, 1.82) is 0 Å². The molecule has 0 unspecified atom stereocenters. The number of aromatic nitrogens is 1. The maximum absolute atomic E-state index is 11.5. The van der Waals surface area contributed by atoms with E-state index in [1.807, 2.05) is 0 Å². The minimum atomic E-state index is -0.573. The number of nitrogens with one attached hydrogen (secondary N) is 1. The van der Waals surface area contributed by atoms with Gasteiger partial charge in [-0.2, -0.15) is 0 Å². The van der Waals surface area contributed by atoms with Gasteiger partial charge in [-0.15, -0.1) is 18.2 Å². The number of terminal acetylenes is 1. The molecule has 1 aromatic heterocycles. The van der Waals surface area contributed by atoms with Crippen LogP contribution >= 0.6 is 11.8 Å². The molecule has 0 aliphatic rings. The maximum Gasteiger partial charge on any atom is 0.302 e. The molecular weight excluding hydrogens is 242 g/mol. The summed E-state index contributed by atoms with van der Waals surface area (Å²) in [6.45, 7) is 0.0664. The minimum absolute atomic E-state index is 0.0664. The summed E-state index contributed by atoms with van der Waals surface area (Å²) in [7, 11) is 0. The Morgan fingerprint density at radius 1 is 1.76 bits per heavy atom. The third-order valence-electron chi connectivity index (χ3n) is 1.84. The third kappa shape index (κ3) is 3.19. The van der Waals surface area contributed by atoms with Gasteiger partial charge in [-0.25, -0.2) is 4.98 Å². The van der Waals surface area contributed by atoms with Gasteiger partial charge in [0.15, 0.2) is 5.03 Å². The molecular formula is C10H9N3O3S. The standard InChI is InChI=1S/C10H9N3O3S/c1-3-4-11-9(14)7-5-8(13(15)16)10(17-2)12-6-7/h1,5-6H,4H2,2H3,(H,11,14). The molecule has 1 heterocycles. The van der Waals surface area contributed by atoms with Gasteiger partial charge >= 0.3 is 5.69 Å². The largest absolute Gasteiger partial charge is 0.341 e. The number of carbonyl (C=O) groups is 1. The fraction of sp³-hybridized carbons (Fsp3) is 0.200. The number of pyridine rings is 1. The lowest BCUT2D eigenvalue weighted by molar-refractivity contribution is -0.388. The Hall–Kier alpha value is -2.07. The van der Waals surface area contributed by atoms with Crippen LogP contribution in [0.1, 0.15) is 10.4 Å². The van der Waals surface area contributed by atoms with Crippen molar-refractivity contribution in [3.63, 3.8) is 0 Å². The molecule has 0 bridgehead atoms. The molecule has 0 aliphatic carbocycles. The van der Waals surface area contributed by atoms with Crippen molar-refractivity contribution in [3.05, 3.63) is 27.9 Å². The van der Waals surface area contributed by atoms with Crippen molar-refractivity contribution in [3.8, 4) is 12.3 Å². The van der Waals surface area contributed by atoms with Gasteiger partial charge in [0.2, 0.25) is 0 Å². The van der Waals surface area contributed by atoms with Crippen LogP contribution in [0.3, 0.4) is 0 Å². The zero-order chi connectivity index (χ0) is 12.8. The minimum Gasteiger partial charge on any atom is -0.341 e. The van der Waals surface area contributed by atoms with Crippen LogP contribution in [0.5, 0.6) is 0 Å². The van der Waals surface area contributed by atoms with E-state index in [4.69, 9.17) is 6.42 Å². The van der Waals surface area contributed by atoms with Crippen LogP contribution in [-0.4, -0.2) is 28.6 Å². The number of hydrogen-bond donors (Lipinski definition) is 1. The highest BCUT2D eigenvalue weighted by Gasteiger charge is 2.18. The lowest BCUT2D eigenvalue weighted by Gasteiger charge is -2.03. The van der Waals surface area contributed by atoms with Crippen molar-refractivity contribution in [1.82, 2.24) is 10.3 Å². The fourth-order valence-electron chi connectivity index (χ4n) is 1.09. The molecule has 0 aliphatic heterocycles. The highest BCUT2D eigenvalue weighted by atomic mass is 32.2. The Bertz CT molecular complexity index is 496. The molecule has 0 aromatic carbocycles. The number of thioether (sulfide) groups is 1. The lowest BCUT2D eigenvalue weighted by Crippen LogP contribution is -2.23. The topological polar surface area (TPSA) is 85.1 Å². The third-order valence-corrected chi connectivity index (χ3v) is 2.54. The Kier molecular flexibility index (Phi) is 4.48. The zero-order valence-electron chi connectivity index (χ0n) is 8.97. The van der Waals surface area contributed by atoms with Gasteiger partial charge in [-0.1, -0.05) is 5.92 Å². The first-order chi connectivity index (χ1) is 8.10. The predicted molar refractivity (Wildman–Crippen MR) is 63.8 cm³/mol. The van der Waals surface area contributed by atoms with Crippen molar-refractivity contribution in [2.45, 2.75) is 5.03 Å². The molecule has 0 fully saturated rings. The summed E-state index contributed by atoms with van der Waals surface area (Å²) in [5.41, 5.74) is -0.0735. The second-order valence-corrected chi connectivity index (χ2v) is 3.69. The molecule has 17 heavy (non-hydrogen) atoms. The number of amides is 1. The van der Waals surface area contributed by atoms with Gasteiger partial charge in [0, 0.05) is 12.3 Å². The van der Waals surface area contributed by atoms with E-state index in [0.717, 1.165) is 11.8 Å². The van der Waals surface area contributed by atoms with Crippen LogP contribution in [0.25, 0.3) is 0 Å². The molecule has 6 nitrogen and oxygen atoms in total. The second kappa shape index (κ2) is 5.86. The quantitative estimate of drug-likeness (QED) is 0.374. The van der Waals surface area contributed by atoms with E-state index < -0.39 is 10.8 Å². The molecule has 0 radical (unpaired) electrons. The molecule has 0 saturated carbocycles. The Labute approximate surface area is 102 Å². The summed E-state index contributed by atoms with van der Waals surface area (Å²) in [4.78, 5) is 25.5. The number of nitro groups is 1. The van der Waals surface area contributed by atoms with Crippen molar-refractivity contribution < 1.29 is 9.72 Å². The Morgan fingerprint density at radius 3 is 3.00 bits per heavy atom. The van der Waals surface area contributed by atoms with E-state index >= 15 is 0 Å². The summed E-state index contributed by atoms with van der Waals surface area (Å²) in [5, 5.41) is 13.4. The summed E-state index contributed by atoms with van der Waals surface area (Å²) in [6, 6.07) is 1.19. The van der Waals surface area contributed by atoms with E-state index in [0.29, 0.717) is 0 Å². The maximum atomic E-state index is 11.5. The molecule has 1 rings (SSSR count). The van der Waals surface area contributed by atoms with Crippen LogP contribution in [0.2, 0.25) is 0 Å². The Morgan fingerprint density at radius 2 is 2.47 bits per heavy atom. The molecule has 0 saturated heterocycles. The first kappa shape index (κ1) is 13.0. The summed E-state index contributed by atoms with van der Waals surface area (Å²) < 4.78 is 0. The molecule has 1 N–H and O–H groups in total. The predicted octanol–water partition coefficient (Wildman–Crippen LogP) is 1.07. The van der Waals surface area contributed by atoms with Crippen LogP contribution in [-0.2, 0) is 0 Å². The van der Waals surface area contributed by atoms with Crippen LogP contribution < -0.4 is 5.32 Å². The smallest absolute Gasteiger partial charge is 0.302 e. The normalized spacial score (nSPS) is 9.41. The van der Waals surface area contributed by atoms with Crippen molar-refractivity contribution in [2.24, 2.45) is 0 Å². The highest BCUT2D eigenvalue weighted by Crippen LogP contribution is 2.25. The molecule has 1 aromatic rings. The monoisotopic (exact) mass is 251 g/mol. The molecule has 7 heteroatoms. The number of hydrogen-bond acceptors (Lipinski definition) is 5. The molecule has 88 valence electrons. The Balaban J connectivity index is 3.04. The number of rotatable bonds is 4. The van der Waals surface area contributed by atoms with Crippen LogP contribution in [0, 0.1) is 22.5 Å². The lowest BCUT2D eigenvalue weighted by atomic mass is 10.2. The highest BCUT2D eigenvalue weighted by molar-refractivity contribution is 7.98. The SMILES string of the molecule is C#CCNC(=O)c1cnc(SC)c([N+](=O)[O-])c1. The van der Waals surface area contributed by atoms with Crippen molar-refractivity contribution >= 4 is 23.4 Å². The first-order valence-electron chi connectivity index (χ1n) is 4.50. The number of nitrogens with zero attached hydrogens (tertiary/aromatic N) is 2. The average Bonchev–Trinajstić information content (AvgIpc) is 2.34. The van der Waals surface area contributed by atoms with Gasteiger partial charge in [0.1, 0.15) is 0 Å². The van der Waals surface area contributed by atoms with Crippen molar-refractivity contribution in [2.75, 3.05) is 12.8 Å². The summed E-state index contributed by atoms with van der Waals surface area (Å²) >= 11 is 1.15. The summed E-state index contributed by atoms with van der Waals surface area (Å²) in [5.74, 6) is 1.76. The zero-order valence-corrected chi connectivity index (χ0v) is 9.78. The first-order valence-corrected chi connectivity index (χ1v) is 5.72. The average molecular weight is 251 g/mol. The molecule has 0 spiro atoms. The van der Waals surface area contributed by atoms with E-state index in [1.54, 1.807) is 6.26 Å². The van der Waals surface area contributed by atoms with Gasteiger partial charge < -0.3 is 5.32 Å². The number of carbonyl (C=O) groups excluding carboxylic acids is 1. The summed E-state index contributed by atoms with van der Waals surface area (Å²) in [6.07, 6.45) is 7.94. The van der Waals surface area contributed by atoms with E-state index in [9.17, 15) is 14.9 Å². The van der Waals surface area contributed by atoms with E-state index in [-0.39, 0.29) is 22.8 Å². The molecule has 0 atom stereocenters. The van der Waals surface area contributed by atoms with Crippen LogP contribution in [0.4, 0.5) is 5.69 Å². The van der Waals surface area contributed by atoms with Gasteiger partial charge in [0.25, 0.3) is 5.91 Å².